The van der Waals surface area contributed by atoms with E-state index in [1.165, 1.54) is 35.1 Å². The highest BCUT2D eigenvalue weighted by atomic mass is 35.5. The van der Waals surface area contributed by atoms with Gasteiger partial charge in [-0.25, -0.2) is 0 Å². The normalized spacial score (nSPS) is 20.3. The third-order valence-electron chi connectivity index (χ3n) is 9.83. The molecule has 0 bridgehead atoms. The first-order valence-electron chi connectivity index (χ1n) is 14.6. The van der Waals surface area contributed by atoms with Crippen LogP contribution in [0.25, 0.3) is 0 Å². The van der Waals surface area contributed by atoms with Crippen molar-refractivity contribution < 1.29 is 0 Å². The Bertz CT molecular complexity index is 1380. The molecule has 0 spiro atoms. The molecule has 0 heterocycles. The topological polar surface area (TPSA) is 3.24 Å². The van der Waals surface area contributed by atoms with Gasteiger partial charge in [0.05, 0.1) is 23.5 Å². The predicted octanol–water partition coefficient (Wildman–Crippen LogP) is 9.12. The second-order valence-corrected chi connectivity index (χ2v) is 15.4. The molecule has 0 amide bonds. The number of halogens is 1. The van der Waals surface area contributed by atoms with Crippen molar-refractivity contribution in [1.82, 2.24) is 0 Å². The lowest BCUT2D eigenvalue weighted by molar-refractivity contribution is 0.332. The Labute approximate surface area is 251 Å². The highest BCUT2D eigenvalue weighted by Gasteiger charge is 2.39. The van der Waals surface area contributed by atoms with E-state index in [0.29, 0.717) is 10.6 Å². The van der Waals surface area contributed by atoms with E-state index in [4.69, 9.17) is 35.1 Å². The first-order chi connectivity index (χ1) is 18.3. The van der Waals surface area contributed by atoms with Gasteiger partial charge in [0.2, 0.25) is 0 Å². The summed E-state index contributed by atoms with van der Waals surface area (Å²) in [5, 5.41) is -0.961. The zero-order chi connectivity index (χ0) is 29.5. The van der Waals surface area contributed by atoms with Gasteiger partial charge in [0.15, 0.2) is 0 Å². The van der Waals surface area contributed by atoms with Crippen LogP contribution in [0.5, 0.6) is 0 Å². The molecule has 5 rings (SSSR count). The molecule has 0 N–H and O–H groups in total. The fourth-order valence-electron chi connectivity index (χ4n) is 6.83. The number of fused-ring (bicyclic) bond motifs is 2. The van der Waals surface area contributed by atoms with E-state index in [-0.39, 0.29) is 21.7 Å². The summed E-state index contributed by atoms with van der Waals surface area (Å²) in [7, 11) is 18.5. The van der Waals surface area contributed by atoms with Crippen molar-refractivity contribution in [2.24, 2.45) is 0 Å². The van der Waals surface area contributed by atoms with Crippen molar-refractivity contribution in [3.05, 3.63) is 87.4 Å². The number of hydrogen-bond acceptors (Lipinski definition) is 1. The molecule has 1 nitrogen and oxygen atoms in total. The molecule has 3 aromatic carbocycles. The lowest BCUT2D eigenvalue weighted by Crippen LogP contribution is -2.34. The SMILES string of the molecule is [B]C([B])([B])c1cc(Cl)cc(N(c2ccc3c(c2)C(C)(C)CCC3(C)C)c2ccc3c(c2)C(C)(C)CCC3(C)C)c1. The third-order valence-corrected chi connectivity index (χ3v) is 10.0. The molecule has 0 aliphatic heterocycles. The molecular formula is C35H41B3ClN. The summed E-state index contributed by atoms with van der Waals surface area (Å²) in [4.78, 5) is 2.29. The van der Waals surface area contributed by atoms with Gasteiger partial charge in [-0.3, -0.25) is 0 Å². The molecule has 0 atom stereocenters. The molecule has 2 aliphatic carbocycles. The van der Waals surface area contributed by atoms with Crippen molar-refractivity contribution in [2.75, 3.05) is 4.90 Å². The van der Waals surface area contributed by atoms with Crippen molar-refractivity contribution in [3.63, 3.8) is 0 Å². The van der Waals surface area contributed by atoms with E-state index < -0.39 is 5.11 Å². The summed E-state index contributed by atoms with van der Waals surface area (Å²) in [6, 6.07) is 19.6. The Hall–Kier alpha value is -2.06. The number of hydrogen-bond donors (Lipinski definition) is 0. The molecule has 40 heavy (non-hydrogen) atoms. The van der Waals surface area contributed by atoms with Crippen LogP contribution in [0.15, 0.2) is 54.6 Å². The highest BCUT2D eigenvalue weighted by molar-refractivity contribution is 6.59. The maximum atomic E-state index is 6.68. The molecule has 0 aromatic heterocycles. The van der Waals surface area contributed by atoms with Crippen LogP contribution in [0, 0.1) is 0 Å². The fraction of sp³-hybridized carbons (Fsp3) is 0.486. The molecule has 3 aromatic rings. The number of benzene rings is 3. The summed E-state index contributed by atoms with van der Waals surface area (Å²) in [5.74, 6) is 0. The van der Waals surface area contributed by atoms with Crippen LogP contribution in [-0.2, 0) is 26.8 Å². The molecule has 5 heteroatoms. The number of rotatable bonds is 4. The van der Waals surface area contributed by atoms with Gasteiger partial charge in [-0.05, 0) is 112 Å². The van der Waals surface area contributed by atoms with Gasteiger partial charge in [-0.2, -0.15) is 0 Å². The van der Waals surface area contributed by atoms with E-state index in [2.05, 4.69) is 96.7 Å². The van der Waals surface area contributed by atoms with Crippen LogP contribution in [0.4, 0.5) is 17.1 Å². The molecule has 6 radical (unpaired) electrons. The smallest absolute Gasteiger partial charge is 0.0563 e. The number of nitrogens with zero attached hydrogens (tertiary/aromatic N) is 1. The standard InChI is InChI=1S/C35H41B3ClN/c1-31(2)13-15-33(5,6)29-20-24(9-11-27(29)31)40(26-18-22(35(36,37)38)17-23(39)19-26)25-10-12-28-30(21-25)34(7,8)16-14-32(28,3)4/h9-12,17-21H,13-16H2,1-8H3. The Kier molecular flexibility index (Phi) is 6.98. The zero-order valence-corrected chi connectivity index (χ0v) is 26.3. The van der Waals surface area contributed by atoms with Crippen LogP contribution in [0.2, 0.25) is 5.02 Å². The minimum Gasteiger partial charge on any atom is -0.310 e. The predicted molar refractivity (Wildman–Crippen MR) is 176 cm³/mol. The van der Waals surface area contributed by atoms with Crippen LogP contribution in [0.1, 0.15) is 109 Å². The Morgan fingerprint density at radius 3 is 1.35 bits per heavy atom. The quantitative estimate of drug-likeness (QED) is 0.297. The maximum absolute atomic E-state index is 6.68. The molecule has 0 saturated heterocycles. The van der Waals surface area contributed by atoms with Crippen LogP contribution in [0.3, 0.4) is 0 Å². The first-order valence-corrected chi connectivity index (χ1v) is 15.0. The third kappa shape index (κ3) is 5.19. The minimum atomic E-state index is -1.50. The van der Waals surface area contributed by atoms with E-state index in [1.807, 2.05) is 12.1 Å². The van der Waals surface area contributed by atoms with E-state index in [1.54, 1.807) is 6.07 Å². The van der Waals surface area contributed by atoms with E-state index >= 15 is 0 Å². The Balaban J connectivity index is 1.78. The molecule has 0 unspecified atom stereocenters. The van der Waals surface area contributed by atoms with Gasteiger partial charge in [-0.15, -0.1) is 5.11 Å². The monoisotopic (exact) mass is 543 g/mol. The summed E-state index contributed by atoms with van der Waals surface area (Å²) in [5.41, 5.74) is 9.72. The van der Waals surface area contributed by atoms with Gasteiger partial charge in [-0.1, -0.05) is 84.7 Å². The van der Waals surface area contributed by atoms with Gasteiger partial charge < -0.3 is 4.90 Å². The minimum absolute atomic E-state index is 0.0782. The summed E-state index contributed by atoms with van der Waals surface area (Å²) < 4.78 is 0. The van der Waals surface area contributed by atoms with Gasteiger partial charge in [0, 0.05) is 22.1 Å². The van der Waals surface area contributed by atoms with Gasteiger partial charge in [0.1, 0.15) is 0 Å². The van der Waals surface area contributed by atoms with Crippen molar-refractivity contribution in [1.29, 1.82) is 0 Å². The lowest BCUT2D eigenvalue weighted by Gasteiger charge is -2.43. The summed E-state index contributed by atoms with van der Waals surface area (Å²) >= 11 is 6.68. The summed E-state index contributed by atoms with van der Waals surface area (Å²) in [6.45, 7) is 18.9. The second kappa shape index (κ2) is 9.48. The first kappa shape index (κ1) is 29.4. The average Bonchev–Trinajstić information content (AvgIpc) is 2.84. The van der Waals surface area contributed by atoms with Crippen molar-refractivity contribution in [2.45, 2.75) is 108 Å². The Morgan fingerprint density at radius 1 is 0.550 bits per heavy atom. The van der Waals surface area contributed by atoms with Crippen molar-refractivity contribution >= 4 is 52.2 Å². The van der Waals surface area contributed by atoms with Crippen LogP contribution in [-0.4, -0.2) is 23.5 Å². The molecule has 2 aliphatic rings. The van der Waals surface area contributed by atoms with Gasteiger partial charge in [0.25, 0.3) is 0 Å². The molecule has 0 saturated carbocycles. The maximum Gasteiger partial charge on any atom is 0.0563 e. The fourth-order valence-corrected chi connectivity index (χ4v) is 7.06. The average molecular weight is 544 g/mol. The highest BCUT2D eigenvalue weighted by Crippen LogP contribution is 2.50. The second-order valence-electron chi connectivity index (χ2n) is 15.0. The lowest BCUT2D eigenvalue weighted by atomic mass is 9.40. The number of anilines is 3. The Morgan fingerprint density at radius 2 is 0.950 bits per heavy atom. The van der Waals surface area contributed by atoms with Gasteiger partial charge >= 0.3 is 0 Å². The molecular weight excluding hydrogens is 502 g/mol. The van der Waals surface area contributed by atoms with Crippen LogP contribution >= 0.6 is 11.6 Å². The van der Waals surface area contributed by atoms with Crippen molar-refractivity contribution in [3.8, 4) is 0 Å². The van der Waals surface area contributed by atoms with Crippen LogP contribution < -0.4 is 4.90 Å². The zero-order valence-electron chi connectivity index (χ0n) is 25.6. The molecule has 202 valence electrons. The largest absolute Gasteiger partial charge is 0.310 e. The molecule has 0 fully saturated rings. The van der Waals surface area contributed by atoms with E-state index in [9.17, 15) is 0 Å². The summed E-state index contributed by atoms with van der Waals surface area (Å²) in [6.07, 6.45) is 4.65. The van der Waals surface area contributed by atoms with E-state index in [0.717, 1.165) is 29.9 Å².